The zero-order valence-electron chi connectivity index (χ0n) is 15.9. The molecule has 0 amide bonds. The molecule has 4 rings (SSSR count). The number of fused-ring (bicyclic) bond motifs is 1. The van der Waals surface area contributed by atoms with Gasteiger partial charge in [-0.15, -0.1) is 0 Å². The number of rotatable bonds is 5. The molecule has 1 aromatic heterocycles. The summed E-state index contributed by atoms with van der Waals surface area (Å²) in [6, 6.07) is 22.8. The smallest absolute Gasteiger partial charge is 0.335 e. The highest BCUT2D eigenvalue weighted by Gasteiger charge is 2.12. The number of benzene rings is 3. The number of aromatic carboxylic acids is 1. The van der Waals surface area contributed by atoms with Crippen LogP contribution >= 0.6 is 0 Å². The van der Waals surface area contributed by atoms with Crippen molar-refractivity contribution in [2.24, 2.45) is 0 Å². The number of carbonyl (C=O) groups is 1. The summed E-state index contributed by atoms with van der Waals surface area (Å²) in [6.45, 7) is 0.469. The Bertz CT molecular complexity index is 1330. The van der Waals surface area contributed by atoms with Crippen LogP contribution in [0, 0.1) is 17.1 Å². The number of nitriles is 1. The number of para-hydroxylation sites is 1. The van der Waals surface area contributed by atoms with Crippen molar-refractivity contribution in [3.05, 3.63) is 107 Å². The van der Waals surface area contributed by atoms with Crippen LogP contribution in [-0.2, 0) is 6.54 Å². The van der Waals surface area contributed by atoms with Crippen LogP contribution in [-0.4, -0.2) is 15.6 Å². The summed E-state index contributed by atoms with van der Waals surface area (Å²) in [7, 11) is 0. The maximum atomic E-state index is 14.2. The van der Waals surface area contributed by atoms with Crippen LogP contribution in [0.5, 0.6) is 0 Å². The average Bonchev–Trinajstić information content (AvgIpc) is 3.10. The number of allylic oxidation sites excluding steroid dienone is 1. The molecule has 30 heavy (non-hydrogen) atoms. The highest BCUT2D eigenvalue weighted by atomic mass is 19.1. The number of aromatic nitrogens is 1. The van der Waals surface area contributed by atoms with Crippen LogP contribution in [0.2, 0.25) is 0 Å². The topological polar surface area (TPSA) is 66.0 Å². The molecule has 1 N–H and O–H groups in total. The molecule has 0 spiro atoms. The Balaban J connectivity index is 1.80. The van der Waals surface area contributed by atoms with E-state index in [1.54, 1.807) is 42.5 Å². The molecule has 5 heteroatoms. The molecule has 0 atom stereocenters. The van der Waals surface area contributed by atoms with Crippen molar-refractivity contribution in [2.45, 2.75) is 6.54 Å². The number of hydrogen-bond acceptors (Lipinski definition) is 2. The Hall–Kier alpha value is -4.17. The first kappa shape index (κ1) is 19.2. The minimum absolute atomic E-state index is 0.232. The maximum Gasteiger partial charge on any atom is 0.335 e. The first-order chi connectivity index (χ1) is 14.6. The molecule has 0 saturated heterocycles. The van der Waals surface area contributed by atoms with Gasteiger partial charge in [-0.2, -0.15) is 5.26 Å². The molecule has 0 saturated carbocycles. The highest BCUT2D eigenvalue weighted by Crippen LogP contribution is 2.27. The predicted molar refractivity (Wildman–Crippen MR) is 114 cm³/mol. The van der Waals surface area contributed by atoms with Gasteiger partial charge >= 0.3 is 5.97 Å². The standard InChI is InChI=1S/C25H17FN2O2/c26-23-10-3-1-8-21(23)19(14-27)13-20-16-28(24-11-4-2-9-22(20)24)15-17-6-5-7-18(12-17)25(29)30/h1-13,16H,15H2,(H,29,30). The Labute approximate surface area is 172 Å². The average molecular weight is 396 g/mol. The van der Waals surface area contributed by atoms with Gasteiger partial charge in [0.1, 0.15) is 5.82 Å². The fourth-order valence-corrected chi connectivity index (χ4v) is 3.53. The van der Waals surface area contributed by atoms with E-state index >= 15 is 0 Å². The molecular formula is C25H17FN2O2. The Kier molecular flexibility index (Phi) is 5.15. The van der Waals surface area contributed by atoms with Crippen molar-refractivity contribution >= 4 is 28.5 Å². The van der Waals surface area contributed by atoms with Crippen LogP contribution in [0.3, 0.4) is 0 Å². The van der Waals surface area contributed by atoms with Gasteiger partial charge < -0.3 is 9.67 Å². The van der Waals surface area contributed by atoms with Crippen LogP contribution in [0.25, 0.3) is 22.6 Å². The molecule has 0 radical (unpaired) electrons. The fourth-order valence-electron chi connectivity index (χ4n) is 3.53. The summed E-state index contributed by atoms with van der Waals surface area (Å²) in [6.07, 6.45) is 3.58. The molecule has 0 unspecified atom stereocenters. The third kappa shape index (κ3) is 3.71. The summed E-state index contributed by atoms with van der Waals surface area (Å²) in [5, 5.41) is 19.8. The summed E-state index contributed by atoms with van der Waals surface area (Å²) >= 11 is 0. The van der Waals surface area contributed by atoms with E-state index in [2.05, 4.69) is 6.07 Å². The van der Waals surface area contributed by atoms with Gasteiger partial charge in [0.25, 0.3) is 0 Å². The van der Waals surface area contributed by atoms with Gasteiger partial charge in [0.2, 0.25) is 0 Å². The number of nitrogens with zero attached hydrogens (tertiary/aromatic N) is 2. The van der Waals surface area contributed by atoms with Gasteiger partial charge in [-0.1, -0.05) is 48.5 Å². The minimum Gasteiger partial charge on any atom is -0.478 e. The van der Waals surface area contributed by atoms with Crippen molar-refractivity contribution < 1.29 is 14.3 Å². The minimum atomic E-state index is -0.971. The van der Waals surface area contributed by atoms with Crippen molar-refractivity contribution in [3.8, 4) is 6.07 Å². The first-order valence-corrected chi connectivity index (χ1v) is 9.33. The number of halogens is 1. The second kappa shape index (κ2) is 8.06. The largest absolute Gasteiger partial charge is 0.478 e. The molecule has 0 aliphatic rings. The van der Waals surface area contributed by atoms with Gasteiger partial charge in [-0.3, -0.25) is 0 Å². The molecule has 1 heterocycles. The van der Waals surface area contributed by atoms with Gasteiger partial charge in [0.05, 0.1) is 17.2 Å². The summed E-state index contributed by atoms with van der Waals surface area (Å²) in [5.41, 5.74) is 3.31. The SMILES string of the molecule is N#CC(=Cc1cn(Cc2cccc(C(=O)O)c2)c2ccccc12)c1ccccc1F. The van der Waals surface area contributed by atoms with Crippen LogP contribution in [0.1, 0.15) is 27.0 Å². The van der Waals surface area contributed by atoms with E-state index in [1.165, 1.54) is 6.07 Å². The van der Waals surface area contributed by atoms with Gasteiger partial charge in [-0.25, -0.2) is 9.18 Å². The number of hydrogen-bond donors (Lipinski definition) is 1. The highest BCUT2D eigenvalue weighted by molar-refractivity contribution is 5.98. The Morgan fingerprint density at radius 2 is 1.83 bits per heavy atom. The second-order valence-corrected chi connectivity index (χ2v) is 6.88. The van der Waals surface area contributed by atoms with Gasteiger partial charge in [-0.05, 0) is 35.9 Å². The molecule has 0 bridgehead atoms. The van der Waals surface area contributed by atoms with E-state index in [0.29, 0.717) is 6.54 Å². The third-order valence-corrected chi connectivity index (χ3v) is 4.93. The first-order valence-electron chi connectivity index (χ1n) is 9.33. The van der Waals surface area contributed by atoms with E-state index in [-0.39, 0.29) is 16.7 Å². The Morgan fingerprint density at radius 1 is 1.07 bits per heavy atom. The second-order valence-electron chi connectivity index (χ2n) is 6.88. The lowest BCUT2D eigenvalue weighted by molar-refractivity contribution is 0.0696. The predicted octanol–water partition coefficient (Wildman–Crippen LogP) is 5.59. The normalized spacial score (nSPS) is 11.4. The zero-order valence-corrected chi connectivity index (χ0v) is 15.9. The van der Waals surface area contributed by atoms with E-state index in [4.69, 9.17) is 0 Å². The molecular weight excluding hydrogens is 379 g/mol. The summed E-state index contributed by atoms with van der Waals surface area (Å²) in [5.74, 6) is -1.42. The Morgan fingerprint density at radius 3 is 2.60 bits per heavy atom. The van der Waals surface area contributed by atoms with Crippen molar-refractivity contribution in [2.75, 3.05) is 0 Å². The summed E-state index contributed by atoms with van der Waals surface area (Å²) in [4.78, 5) is 11.3. The van der Waals surface area contributed by atoms with Crippen LogP contribution in [0.15, 0.2) is 79.0 Å². The van der Waals surface area contributed by atoms with Gasteiger partial charge in [0.15, 0.2) is 0 Å². The van der Waals surface area contributed by atoms with Crippen LogP contribution in [0.4, 0.5) is 4.39 Å². The molecule has 0 fully saturated rings. The molecule has 0 aliphatic heterocycles. The quantitative estimate of drug-likeness (QED) is 0.447. The lowest BCUT2D eigenvalue weighted by Crippen LogP contribution is -2.01. The van der Waals surface area contributed by atoms with E-state index in [0.717, 1.165) is 22.0 Å². The van der Waals surface area contributed by atoms with Crippen molar-refractivity contribution in [3.63, 3.8) is 0 Å². The lowest BCUT2D eigenvalue weighted by Gasteiger charge is -2.06. The van der Waals surface area contributed by atoms with Crippen LogP contribution < -0.4 is 0 Å². The third-order valence-electron chi connectivity index (χ3n) is 4.93. The van der Waals surface area contributed by atoms with Crippen molar-refractivity contribution in [1.82, 2.24) is 4.57 Å². The van der Waals surface area contributed by atoms with E-state index in [1.807, 2.05) is 41.1 Å². The molecule has 0 aliphatic carbocycles. The zero-order chi connectivity index (χ0) is 21.1. The molecule has 3 aromatic carbocycles. The lowest BCUT2D eigenvalue weighted by atomic mass is 10.0. The molecule has 4 nitrogen and oxygen atoms in total. The molecule has 4 aromatic rings. The molecule has 146 valence electrons. The fraction of sp³-hybridized carbons (Fsp3) is 0.0400. The monoisotopic (exact) mass is 396 g/mol. The maximum absolute atomic E-state index is 14.2. The van der Waals surface area contributed by atoms with E-state index in [9.17, 15) is 19.6 Å². The van der Waals surface area contributed by atoms with Gasteiger partial charge in [0, 0.05) is 34.8 Å². The number of carboxylic acid groups (broad SMARTS) is 1. The number of carboxylic acids is 1. The summed E-state index contributed by atoms with van der Waals surface area (Å²) < 4.78 is 16.2. The van der Waals surface area contributed by atoms with Crippen molar-refractivity contribution in [1.29, 1.82) is 5.26 Å². The van der Waals surface area contributed by atoms with E-state index < -0.39 is 11.8 Å².